The molecule has 1 saturated heterocycles. The fraction of sp³-hybridized carbons (Fsp3) is 0.650. The number of aryl methyl sites for hydroxylation is 2. The van der Waals surface area contributed by atoms with Gasteiger partial charge in [0.2, 0.25) is 11.8 Å². The molecule has 1 aromatic heterocycles. The summed E-state index contributed by atoms with van der Waals surface area (Å²) in [6.07, 6.45) is 5.42. The Kier molecular flexibility index (Phi) is 8.51. The number of halogens is 1. The van der Waals surface area contributed by atoms with Gasteiger partial charge in [0.1, 0.15) is 5.15 Å². The molecule has 0 aliphatic carbocycles. The lowest BCUT2D eigenvalue weighted by Gasteiger charge is -2.33. The van der Waals surface area contributed by atoms with Crippen molar-refractivity contribution in [2.45, 2.75) is 53.1 Å². The van der Waals surface area contributed by atoms with Gasteiger partial charge in [-0.1, -0.05) is 24.9 Å². The van der Waals surface area contributed by atoms with Crippen molar-refractivity contribution in [2.75, 3.05) is 32.7 Å². The molecule has 0 saturated carbocycles. The van der Waals surface area contributed by atoms with Crippen LogP contribution in [-0.2, 0) is 16.1 Å². The van der Waals surface area contributed by atoms with Crippen LogP contribution >= 0.6 is 11.6 Å². The molecule has 2 amide bonds. The lowest BCUT2D eigenvalue weighted by Crippen LogP contribution is -2.51. The largest absolute Gasteiger partial charge is 0.353 e. The minimum Gasteiger partial charge on any atom is -0.353 e. The zero-order chi connectivity index (χ0) is 20.7. The van der Waals surface area contributed by atoms with Crippen LogP contribution in [0.15, 0.2) is 6.08 Å². The van der Waals surface area contributed by atoms with Gasteiger partial charge in [-0.05, 0) is 33.3 Å². The number of carbonyl (C=O) groups excluding carboxylic acids is 2. The SMILES string of the molecule is CCCCn1nc(C)c(/C=C/C(=O)N2CCN(CC(=O)NC(C)C)CC2)c1Cl. The third-order valence-electron chi connectivity index (χ3n) is 4.73. The minimum atomic E-state index is -0.0388. The normalized spacial score (nSPS) is 15.6. The summed E-state index contributed by atoms with van der Waals surface area (Å²) < 4.78 is 1.80. The average molecular weight is 410 g/mol. The molecule has 156 valence electrons. The predicted molar refractivity (Wildman–Crippen MR) is 112 cm³/mol. The van der Waals surface area contributed by atoms with E-state index in [-0.39, 0.29) is 17.9 Å². The van der Waals surface area contributed by atoms with Gasteiger partial charge >= 0.3 is 0 Å². The van der Waals surface area contributed by atoms with Gasteiger partial charge in [-0.15, -0.1) is 0 Å². The van der Waals surface area contributed by atoms with Gasteiger partial charge in [-0.25, -0.2) is 0 Å². The fourth-order valence-electron chi connectivity index (χ4n) is 3.17. The molecule has 1 aromatic rings. The average Bonchev–Trinajstić information content (AvgIpc) is 2.91. The van der Waals surface area contributed by atoms with Crippen molar-refractivity contribution in [3.05, 3.63) is 22.5 Å². The van der Waals surface area contributed by atoms with E-state index in [9.17, 15) is 9.59 Å². The fourth-order valence-corrected chi connectivity index (χ4v) is 3.49. The maximum absolute atomic E-state index is 12.5. The number of piperazine rings is 1. The van der Waals surface area contributed by atoms with Gasteiger partial charge in [0.25, 0.3) is 0 Å². The highest BCUT2D eigenvalue weighted by Gasteiger charge is 2.21. The quantitative estimate of drug-likeness (QED) is 0.669. The summed E-state index contributed by atoms with van der Waals surface area (Å²) in [7, 11) is 0. The third kappa shape index (κ3) is 6.34. The summed E-state index contributed by atoms with van der Waals surface area (Å²) in [5.41, 5.74) is 1.63. The van der Waals surface area contributed by atoms with Gasteiger partial charge < -0.3 is 10.2 Å². The van der Waals surface area contributed by atoms with E-state index < -0.39 is 0 Å². The van der Waals surface area contributed by atoms with Crippen molar-refractivity contribution >= 4 is 29.5 Å². The lowest BCUT2D eigenvalue weighted by atomic mass is 10.2. The number of rotatable bonds is 8. The van der Waals surface area contributed by atoms with Crippen molar-refractivity contribution < 1.29 is 9.59 Å². The van der Waals surface area contributed by atoms with Crippen LogP contribution in [0.3, 0.4) is 0 Å². The maximum Gasteiger partial charge on any atom is 0.246 e. The van der Waals surface area contributed by atoms with E-state index >= 15 is 0 Å². The number of unbranched alkanes of at least 4 members (excludes halogenated alkanes) is 1. The Labute approximate surface area is 172 Å². The number of nitrogens with one attached hydrogen (secondary N) is 1. The standard InChI is InChI=1S/C20H32ClN5O2/c1-5-6-9-26-20(21)17(16(4)23-26)7-8-19(28)25-12-10-24(11-13-25)14-18(27)22-15(2)3/h7-8,15H,5-6,9-14H2,1-4H3,(H,22,27)/b8-7+. The summed E-state index contributed by atoms with van der Waals surface area (Å²) in [5.74, 6) is -0.0112. The molecule has 1 aliphatic heterocycles. The molecule has 0 spiro atoms. The van der Waals surface area contributed by atoms with Crippen LogP contribution in [-0.4, -0.2) is 70.2 Å². The topological polar surface area (TPSA) is 70.5 Å². The molecule has 2 rings (SSSR count). The second-order valence-corrected chi connectivity index (χ2v) is 7.88. The van der Waals surface area contributed by atoms with Crippen LogP contribution in [0.2, 0.25) is 5.15 Å². The van der Waals surface area contributed by atoms with E-state index in [1.165, 1.54) is 0 Å². The Bertz CT molecular complexity index is 706. The minimum absolute atomic E-state index is 0.0277. The van der Waals surface area contributed by atoms with Gasteiger partial charge in [0.05, 0.1) is 12.2 Å². The number of amides is 2. The van der Waals surface area contributed by atoms with Crippen LogP contribution in [0.1, 0.15) is 44.9 Å². The Balaban J connectivity index is 1.87. The Morgan fingerprint density at radius 3 is 2.54 bits per heavy atom. The van der Waals surface area contributed by atoms with Gasteiger partial charge in [-0.3, -0.25) is 19.2 Å². The smallest absolute Gasteiger partial charge is 0.246 e. The number of hydrogen-bond acceptors (Lipinski definition) is 4. The van der Waals surface area contributed by atoms with Crippen molar-refractivity contribution in [3.8, 4) is 0 Å². The molecule has 1 N–H and O–H groups in total. The highest BCUT2D eigenvalue weighted by Crippen LogP contribution is 2.22. The first-order chi connectivity index (χ1) is 13.3. The molecular weight excluding hydrogens is 378 g/mol. The number of carbonyl (C=O) groups is 2. The van der Waals surface area contributed by atoms with E-state index in [0.717, 1.165) is 30.6 Å². The van der Waals surface area contributed by atoms with Crippen molar-refractivity contribution in [1.29, 1.82) is 0 Å². The number of nitrogens with zero attached hydrogens (tertiary/aromatic N) is 4. The molecule has 0 aromatic carbocycles. The molecule has 1 aliphatic rings. The van der Waals surface area contributed by atoms with Crippen molar-refractivity contribution in [2.24, 2.45) is 0 Å². The first kappa shape index (κ1) is 22.4. The van der Waals surface area contributed by atoms with Crippen LogP contribution in [0, 0.1) is 6.92 Å². The van der Waals surface area contributed by atoms with Crippen LogP contribution in [0.5, 0.6) is 0 Å². The molecule has 28 heavy (non-hydrogen) atoms. The van der Waals surface area contributed by atoms with E-state index in [1.54, 1.807) is 21.7 Å². The molecule has 1 fully saturated rings. The van der Waals surface area contributed by atoms with Gasteiger partial charge in [0, 0.05) is 50.4 Å². The van der Waals surface area contributed by atoms with E-state index in [2.05, 4.69) is 22.2 Å². The summed E-state index contributed by atoms with van der Waals surface area (Å²) in [5, 5.41) is 7.93. The Hall–Kier alpha value is -1.86. The van der Waals surface area contributed by atoms with E-state index in [0.29, 0.717) is 37.9 Å². The highest BCUT2D eigenvalue weighted by atomic mass is 35.5. The van der Waals surface area contributed by atoms with Gasteiger partial charge in [0.15, 0.2) is 0 Å². The van der Waals surface area contributed by atoms with Gasteiger partial charge in [-0.2, -0.15) is 5.10 Å². The highest BCUT2D eigenvalue weighted by molar-refractivity contribution is 6.31. The monoisotopic (exact) mass is 409 g/mol. The second kappa shape index (κ2) is 10.6. The summed E-state index contributed by atoms with van der Waals surface area (Å²) >= 11 is 6.42. The Morgan fingerprint density at radius 1 is 1.25 bits per heavy atom. The number of aromatic nitrogens is 2. The lowest BCUT2D eigenvalue weighted by molar-refractivity contribution is -0.128. The maximum atomic E-state index is 12.5. The zero-order valence-corrected chi connectivity index (χ0v) is 18.1. The molecule has 0 atom stereocenters. The molecule has 2 heterocycles. The first-order valence-electron chi connectivity index (χ1n) is 10.0. The molecule has 7 nitrogen and oxygen atoms in total. The van der Waals surface area contributed by atoms with Crippen molar-refractivity contribution in [3.63, 3.8) is 0 Å². The molecular formula is C20H32ClN5O2. The van der Waals surface area contributed by atoms with Crippen molar-refractivity contribution in [1.82, 2.24) is 24.9 Å². The summed E-state index contributed by atoms with van der Waals surface area (Å²) in [6.45, 7) is 11.7. The summed E-state index contributed by atoms with van der Waals surface area (Å²) in [6, 6.07) is 0.141. The third-order valence-corrected chi connectivity index (χ3v) is 5.12. The molecule has 8 heteroatoms. The van der Waals surface area contributed by atoms with E-state index in [4.69, 9.17) is 11.6 Å². The van der Waals surface area contributed by atoms with Crippen LogP contribution in [0.4, 0.5) is 0 Å². The molecule has 0 radical (unpaired) electrons. The second-order valence-electron chi connectivity index (χ2n) is 7.52. The molecule has 0 unspecified atom stereocenters. The summed E-state index contributed by atoms with van der Waals surface area (Å²) in [4.78, 5) is 28.3. The zero-order valence-electron chi connectivity index (χ0n) is 17.4. The molecule has 0 bridgehead atoms. The van der Waals surface area contributed by atoms with Crippen LogP contribution in [0.25, 0.3) is 6.08 Å². The predicted octanol–water partition coefficient (Wildman–Crippen LogP) is 2.33. The van der Waals surface area contributed by atoms with E-state index in [1.807, 2.05) is 20.8 Å². The Morgan fingerprint density at radius 2 is 1.93 bits per heavy atom. The first-order valence-corrected chi connectivity index (χ1v) is 10.4. The number of hydrogen-bond donors (Lipinski definition) is 1. The van der Waals surface area contributed by atoms with Crippen LogP contribution < -0.4 is 5.32 Å².